The number of carbonyl (C=O) groups excluding carboxylic acids is 1. The highest BCUT2D eigenvalue weighted by Gasteiger charge is 2.38. The van der Waals surface area contributed by atoms with Crippen LogP contribution in [0.4, 0.5) is 0 Å². The summed E-state index contributed by atoms with van der Waals surface area (Å²) in [7, 11) is 1.99. The Kier molecular flexibility index (Phi) is 18.2. The molecule has 1 aliphatic heterocycles. The fourth-order valence-corrected chi connectivity index (χ4v) is 6.07. The summed E-state index contributed by atoms with van der Waals surface area (Å²) in [5, 5.41) is 9.01. The number of hydrogen-bond acceptors (Lipinski definition) is 9. The van der Waals surface area contributed by atoms with Crippen molar-refractivity contribution in [3.05, 3.63) is 101 Å². The molecule has 3 aromatic carbocycles. The lowest BCUT2D eigenvalue weighted by Gasteiger charge is -2.17. The van der Waals surface area contributed by atoms with Crippen molar-refractivity contribution in [2.45, 2.75) is 79.1 Å². The maximum absolute atomic E-state index is 13.4. The topological polar surface area (TPSA) is 119 Å². The van der Waals surface area contributed by atoms with Gasteiger partial charge in [0, 0.05) is 12.2 Å². The van der Waals surface area contributed by atoms with Crippen LogP contribution >= 0.6 is 0 Å². The third-order valence-corrected chi connectivity index (χ3v) is 9.64. The Labute approximate surface area is 338 Å². The largest absolute Gasteiger partial charge is 0.864 e. The van der Waals surface area contributed by atoms with Crippen molar-refractivity contribution in [2.75, 3.05) is 27.4 Å². The molecule has 0 bridgehead atoms. The summed E-state index contributed by atoms with van der Waals surface area (Å²) in [4.78, 5) is 24.4. The summed E-state index contributed by atoms with van der Waals surface area (Å²) >= 11 is 0. The number of benzene rings is 3. The number of aliphatic carboxylic acids is 1. The lowest BCUT2D eigenvalue weighted by atomic mass is 10.0. The Morgan fingerprint density at radius 1 is 0.667 bits per heavy atom. The smallest absolute Gasteiger partial charge is 0.493 e. The molecule has 57 heavy (non-hydrogen) atoms. The number of rotatable bonds is 25. The maximum atomic E-state index is 13.4. The van der Waals surface area contributed by atoms with Crippen molar-refractivity contribution in [1.82, 2.24) is 0 Å². The first kappa shape index (κ1) is 44.1. The molecule has 304 valence electrons. The minimum absolute atomic E-state index is 0.171. The summed E-state index contributed by atoms with van der Waals surface area (Å²) in [5.74, 6) is 2.99. The fraction of sp³-hybridized carbons (Fsp3) is 0.391. The van der Waals surface area contributed by atoms with Crippen molar-refractivity contribution >= 4 is 37.3 Å². The van der Waals surface area contributed by atoms with Crippen molar-refractivity contribution < 1.29 is 47.6 Å². The Bertz CT molecular complexity index is 1880. The minimum atomic E-state index is -1.21. The van der Waals surface area contributed by atoms with Gasteiger partial charge in [0.2, 0.25) is 0 Å². The second-order valence-electron chi connectivity index (χ2n) is 13.9. The molecule has 1 aliphatic rings. The molecule has 0 fully saturated rings. The van der Waals surface area contributed by atoms with Crippen LogP contribution in [0.3, 0.4) is 0 Å². The molecule has 11 heteroatoms. The number of hydrogen-bond donors (Lipinski definition) is 1. The Hall–Kier alpha value is -5.58. The van der Waals surface area contributed by atoms with E-state index in [0.717, 1.165) is 55.7 Å². The van der Waals surface area contributed by atoms with Crippen LogP contribution in [0.15, 0.2) is 84.7 Å². The molecule has 2 atom stereocenters. The third kappa shape index (κ3) is 14.5. The van der Waals surface area contributed by atoms with Gasteiger partial charge in [-0.15, -0.1) is 0 Å². The SMILES string of the molecule is CCCCC(CC)COc1ccc(/C=C/C(=O)/C=C(/C=C/c2ccc(OCC(CC)CCCC)c(OC)c2)OB2Oc3ccc(/C=C/C(=O)O)cc3O2)cc1OC. The van der Waals surface area contributed by atoms with E-state index in [1.807, 2.05) is 36.4 Å². The molecule has 10 nitrogen and oxygen atoms in total. The lowest BCUT2D eigenvalue weighted by Crippen LogP contribution is -2.28. The van der Waals surface area contributed by atoms with Crippen LogP contribution in [0.25, 0.3) is 18.2 Å². The predicted octanol–water partition coefficient (Wildman–Crippen LogP) is 10.6. The average Bonchev–Trinajstić information content (AvgIpc) is 3.63. The molecule has 0 spiro atoms. The highest BCUT2D eigenvalue weighted by atomic mass is 16.8. The molecule has 0 aromatic heterocycles. The van der Waals surface area contributed by atoms with Gasteiger partial charge < -0.3 is 38.0 Å². The quantitative estimate of drug-likeness (QED) is 0.0385. The molecule has 0 aliphatic carbocycles. The monoisotopic (exact) mass is 780 g/mol. The summed E-state index contributed by atoms with van der Waals surface area (Å²) < 4.78 is 41.4. The maximum Gasteiger partial charge on any atom is 0.864 e. The summed E-state index contributed by atoms with van der Waals surface area (Å²) in [5.41, 5.74) is 2.15. The van der Waals surface area contributed by atoms with E-state index in [0.29, 0.717) is 65.1 Å². The van der Waals surface area contributed by atoms with Crippen LogP contribution in [0, 0.1) is 11.8 Å². The number of fused-ring (bicyclic) bond motifs is 1. The third-order valence-electron chi connectivity index (χ3n) is 9.64. The van der Waals surface area contributed by atoms with Gasteiger partial charge in [-0.05, 0) is 96.0 Å². The van der Waals surface area contributed by atoms with E-state index < -0.39 is 13.3 Å². The van der Waals surface area contributed by atoms with E-state index in [9.17, 15) is 9.59 Å². The highest BCUT2D eigenvalue weighted by molar-refractivity contribution is 6.40. The van der Waals surface area contributed by atoms with Crippen molar-refractivity contribution in [3.63, 3.8) is 0 Å². The van der Waals surface area contributed by atoms with Crippen LogP contribution in [0.5, 0.6) is 34.5 Å². The van der Waals surface area contributed by atoms with Gasteiger partial charge in [0.15, 0.2) is 28.8 Å². The Morgan fingerprint density at radius 2 is 1.18 bits per heavy atom. The van der Waals surface area contributed by atoms with Crippen molar-refractivity contribution in [1.29, 1.82) is 0 Å². The van der Waals surface area contributed by atoms with E-state index in [1.54, 1.807) is 50.6 Å². The minimum Gasteiger partial charge on any atom is -0.493 e. The van der Waals surface area contributed by atoms with E-state index in [1.165, 1.54) is 31.1 Å². The van der Waals surface area contributed by atoms with E-state index >= 15 is 0 Å². The van der Waals surface area contributed by atoms with Crippen LogP contribution in [-0.4, -0.2) is 51.6 Å². The predicted molar refractivity (Wildman–Crippen MR) is 226 cm³/mol. The number of methoxy groups -OCH3 is 2. The number of carboxylic acid groups (broad SMARTS) is 1. The molecule has 4 rings (SSSR count). The van der Waals surface area contributed by atoms with E-state index in [2.05, 4.69) is 27.7 Å². The van der Waals surface area contributed by atoms with Gasteiger partial charge >= 0.3 is 13.3 Å². The van der Waals surface area contributed by atoms with Gasteiger partial charge in [0.1, 0.15) is 17.3 Å². The molecular weight excluding hydrogens is 723 g/mol. The molecule has 2 unspecified atom stereocenters. The summed E-state index contributed by atoms with van der Waals surface area (Å²) in [6, 6.07) is 16.2. The van der Waals surface area contributed by atoms with Crippen molar-refractivity contribution in [3.8, 4) is 34.5 Å². The van der Waals surface area contributed by atoms with Gasteiger partial charge in [-0.2, -0.15) is 0 Å². The van der Waals surface area contributed by atoms with Gasteiger partial charge in [0.25, 0.3) is 0 Å². The molecule has 1 heterocycles. The zero-order valence-electron chi connectivity index (χ0n) is 34.2. The Morgan fingerprint density at radius 3 is 1.70 bits per heavy atom. The first-order valence-electron chi connectivity index (χ1n) is 20.0. The molecule has 1 N–H and O–H groups in total. The van der Waals surface area contributed by atoms with Crippen LogP contribution in [-0.2, 0) is 14.2 Å². The standard InChI is InChI=1S/C46H57BO10/c1-7-11-13-33(9-3)31-53-40-23-17-35(27-43(40)51-5)15-21-38(48)30-39(55-47-56-42-25-19-37(20-26-46(49)50)29-45(42)57-47)22-16-36-18-24-41(44(28-36)52-6)54-32-34(10-4)14-12-8-2/h15-30,33-34H,7-14,31-32H2,1-6H3,(H,49,50)/b21-15+,22-16+,26-20+,39-30-. The number of ketones is 1. The molecule has 0 radical (unpaired) electrons. The average molecular weight is 781 g/mol. The van der Waals surface area contributed by atoms with Gasteiger partial charge in [0.05, 0.1) is 27.4 Å². The number of unbranched alkanes of at least 4 members (excludes halogenated alkanes) is 2. The number of carboxylic acids is 1. The molecule has 3 aromatic rings. The Balaban J connectivity index is 1.53. The molecule has 0 saturated carbocycles. The first-order valence-corrected chi connectivity index (χ1v) is 20.0. The summed E-state index contributed by atoms with van der Waals surface area (Å²) in [6.07, 6.45) is 19.4. The van der Waals surface area contributed by atoms with E-state index in [-0.39, 0.29) is 11.5 Å². The molecule has 0 saturated heterocycles. The number of carbonyl (C=O) groups is 2. The zero-order valence-corrected chi connectivity index (χ0v) is 34.2. The lowest BCUT2D eigenvalue weighted by molar-refractivity contribution is -0.131. The zero-order chi connectivity index (χ0) is 41.0. The molecule has 0 amide bonds. The van der Waals surface area contributed by atoms with Crippen molar-refractivity contribution in [2.24, 2.45) is 11.8 Å². The molecular formula is C46H57BO10. The first-order chi connectivity index (χ1) is 27.7. The van der Waals surface area contributed by atoms with Crippen LogP contribution in [0.2, 0.25) is 0 Å². The van der Waals surface area contributed by atoms with Gasteiger partial charge in [-0.3, -0.25) is 4.79 Å². The number of ether oxygens (including phenoxy) is 4. The normalized spacial score (nSPS) is 13.6. The van der Waals surface area contributed by atoms with E-state index in [4.69, 9.17) is 38.0 Å². The second kappa shape index (κ2) is 23.5. The van der Waals surface area contributed by atoms with Crippen LogP contribution in [0.1, 0.15) is 95.8 Å². The fourth-order valence-electron chi connectivity index (χ4n) is 6.07. The highest BCUT2D eigenvalue weighted by Crippen LogP contribution is 2.36. The van der Waals surface area contributed by atoms with Gasteiger partial charge in [-0.1, -0.05) is 96.6 Å². The summed E-state index contributed by atoms with van der Waals surface area (Å²) in [6.45, 7) is 9.98. The van der Waals surface area contributed by atoms with Gasteiger partial charge in [-0.25, -0.2) is 4.79 Å². The second-order valence-corrected chi connectivity index (χ2v) is 13.9. The van der Waals surface area contributed by atoms with Crippen LogP contribution < -0.4 is 28.3 Å². The number of allylic oxidation sites excluding steroid dienone is 3.